The Morgan fingerprint density at radius 3 is 2.71 bits per heavy atom. The van der Waals surface area contributed by atoms with Gasteiger partial charge in [0.15, 0.2) is 11.3 Å². The molecule has 2 aromatic heterocycles. The predicted octanol–water partition coefficient (Wildman–Crippen LogP) is 4.13. The van der Waals surface area contributed by atoms with Gasteiger partial charge in [0.1, 0.15) is 22.2 Å². The van der Waals surface area contributed by atoms with Crippen LogP contribution in [0.1, 0.15) is 48.0 Å². The minimum atomic E-state index is -0.373. The van der Waals surface area contributed by atoms with Crippen LogP contribution in [0, 0.1) is 19.3 Å². The molecule has 1 unspecified atom stereocenters. The standard InChI is InChI=1S/C27H31ClN6O4/c1-14-7-18(16(3)32-20-5-6-21(28)33-22(20)26(30)34-36)25-19(8-14)23(35)15(2)24(38-25)17(9-29)10-31-11-27(4)12-37-13-27/h5-10,16,32,36H,11-13,29H2,1-4H3,(H2,30,34)/b17-9+,31-10?. The van der Waals surface area contributed by atoms with Crippen LogP contribution in [0.25, 0.3) is 16.5 Å². The van der Waals surface area contributed by atoms with Crippen LogP contribution in [0.4, 0.5) is 5.69 Å². The number of rotatable bonds is 8. The zero-order valence-electron chi connectivity index (χ0n) is 21.7. The Morgan fingerprint density at radius 2 is 2.08 bits per heavy atom. The molecule has 4 rings (SSSR count). The van der Waals surface area contributed by atoms with Crippen molar-refractivity contribution >= 4 is 45.9 Å². The summed E-state index contributed by atoms with van der Waals surface area (Å²) in [5, 5.41) is 16.2. The van der Waals surface area contributed by atoms with Gasteiger partial charge in [-0.25, -0.2) is 4.98 Å². The summed E-state index contributed by atoms with van der Waals surface area (Å²) in [6.07, 6.45) is 3.03. The number of nitrogens with one attached hydrogen (secondary N) is 1. The lowest BCUT2D eigenvalue weighted by Crippen LogP contribution is -2.42. The van der Waals surface area contributed by atoms with Gasteiger partial charge in [0.2, 0.25) is 0 Å². The quantitative estimate of drug-likeness (QED) is 0.109. The van der Waals surface area contributed by atoms with Crippen LogP contribution in [-0.4, -0.2) is 42.0 Å². The Labute approximate surface area is 225 Å². The average molecular weight is 539 g/mol. The lowest BCUT2D eigenvalue weighted by Gasteiger charge is -2.36. The van der Waals surface area contributed by atoms with Crippen LogP contribution in [0.3, 0.4) is 0 Å². The van der Waals surface area contributed by atoms with Crippen molar-refractivity contribution in [3.8, 4) is 0 Å². The number of hydrogen-bond acceptors (Lipinski definition) is 9. The Hall–Kier alpha value is -3.89. The summed E-state index contributed by atoms with van der Waals surface area (Å²) in [5.41, 5.74) is 15.3. The van der Waals surface area contributed by atoms with Crippen molar-refractivity contribution in [1.29, 1.82) is 0 Å². The van der Waals surface area contributed by atoms with Crippen LogP contribution < -0.4 is 22.2 Å². The minimum Gasteiger partial charge on any atom is -0.455 e. The molecule has 1 aliphatic heterocycles. The van der Waals surface area contributed by atoms with Gasteiger partial charge in [-0.05, 0) is 44.5 Å². The maximum absolute atomic E-state index is 13.5. The molecule has 3 heterocycles. The van der Waals surface area contributed by atoms with E-state index in [4.69, 9.17) is 32.2 Å². The summed E-state index contributed by atoms with van der Waals surface area (Å²) in [5.74, 6) is 0.159. The molecule has 10 nitrogen and oxygen atoms in total. The SMILES string of the molecule is Cc1cc(C(C)Nc2ccc(Cl)nc2/C(N)=N/O)c2oc(/C(C=NCC3(C)COC3)=C/N)c(C)c(=O)c2c1. The lowest BCUT2D eigenvalue weighted by molar-refractivity contribution is -0.0944. The number of hydrogen-bond donors (Lipinski definition) is 4. The number of amidine groups is 1. The number of aryl methyl sites for hydroxylation is 1. The second kappa shape index (κ2) is 10.8. The Kier molecular flexibility index (Phi) is 7.75. The number of allylic oxidation sites excluding steroid dienone is 1. The highest BCUT2D eigenvalue weighted by Crippen LogP contribution is 2.31. The van der Waals surface area contributed by atoms with Crippen molar-refractivity contribution in [2.24, 2.45) is 27.0 Å². The number of halogens is 1. The van der Waals surface area contributed by atoms with Gasteiger partial charge in [-0.3, -0.25) is 9.79 Å². The highest BCUT2D eigenvalue weighted by Gasteiger charge is 2.32. The van der Waals surface area contributed by atoms with Gasteiger partial charge in [0.25, 0.3) is 0 Å². The first-order chi connectivity index (χ1) is 18.1. The molecule has 0 saturated carbocycles. The molecule has 38 heavy (non-hydrogen) atoms. The number of nitrogens with two attached hydrogens (primary N) is 2. The molecular formula is C27H31ClN6O4. The number of oxime groups is 1. The van der Waals surface area contributed by atoms with E-state index in [1.165, 1.54) is 6.20 Å². The molecule has 0 aliphatic carbocycles. The predicted molar refractivity (Wildman–Crippen MR) is 150 cm³/mol. The third-order valence-corrected chi connectivity index (χ3v) is 6.70. The summed E-state index contributed by atoms with van der Waals surface area (Å²) in [7, 11) is 0. The molecule has 0 bridgehead atoms. The molecule has 0 spiro atoms. The van der Waals surface area contributed by atoms with Crippen LogP contribution >= 0.6 is 11.6 Å². The van der Waals surface area contributed by atoms with Gasteiger partial charge in [0.05, 0.1) is 35.9 Å². The Morgan fingerprint density at radius 1 is 1.34 bits per heavy atom. The fourth-order valence-electron chi connectivity index (χ4n) is 4.35. The van der Waals surface area contributed by atoms with Gasteiger partial charge < -0.3 is 31.1 Å². The molecule has 11 heteroatoms. The maximum atomic E-state index is 13.5. The minimum absolute atomic E-state index is 0.000772. The largest absolute Gasteiger partial charge is 0.455 e. The van der Waals surface area contributed by atoms with Crippen molar-refractivity contribution in [3.05, 3.63) is 74.0 Å². The molecule has 1 saturated heterocycles. The highest BCUT2D eigenvalue weighted by molar-refractivity contribution is 6.29. The van der Waals surface area contributed by atoms with Crippen molar-refractivity contribution in [3.63, 3.8) is 0 Å². The lowest BCUT2D eigenvalue weighted by atomic mass is 9.89. The Bertz CT molecular complexity index is 1520. The first kappa shape index (κ1) is 27.2. The summed E-state index contributed by atoms with van der Waals surface area (Å²) >= 11 is 6.02. The number of anilines is 1. The number of benzene rings is 1. The smallest absolute Gasteiger partial charge is 0.196 e. The Balaban J connectivity index is 1.78. The number of ether oxygens (including phenoxy) is 1. The molecule has 0 radical (unpaired) electrons. The number of aromatic nitrogens is 1. The van der Waals surface area contributed by atoms with E-state index in [9.17, 15) is 10.0 Å². The molecule has 1 atom stereocenters. The van der Waals surface area contributed by atoms with E-state index in [0.717, 1.165) is 11.1 Å². The van der Waals surface area contributed by atoms with E-state index < -0.39 is 0 Å². The van der Waals surface area contributed by atoms with E-state index in [-0.39, 0.29) is 33.6 Å². The molecule has 0 amide bonds. The summed E-state index contributed by atoms with van der Waals surface area (Å²) in [4.78, 5) is 22.2. The zero-order valence-corrected chi connectivity index (χ0v) is 22.5. The van der Waals surface area contributed by atoms with E-state index >= 15 is 0 Å². The van der Waals surface area contributed by atoms with Crippen molar-refractivity contribution < 1.29 is 14.4 Å². The molecule has 1 fully saturated rings. The first-order valence-electron chi connectivity index (χ1n) is 12.1. The van der Waals surface area contributed by atoms with E-state index in [1.807, 2.05) is 19.9 Å². The molecule has 6 N–H and O–H groups in total. The molecule has 200 valence electrons. The summed E-state index contributed by atoms with van der Waals surface area (Å²) in [6, 6.07) is 6.64. The van der Waals surface area contributed by atoms with E-state index in [2.05, 4.69) is 27.4 Å². The highest BCUT2D eigenvalue weighted by atomic mass is 35.5. The normalized spacial score (nSPS) is 16.6. The van der Waals surface area contributed by atoms with Crippen molar-refractivity contribution in [2.45, 2.75) is 33.7 Å². The van der Waals surface area contributed by atoms with Gasteiger partial charge >= 0.3 is 0 Å². The first-order valence-corrected chi connectivity index (χ1v) is 12.4. The monoisotopic (exact) mass is 538 g/mol. The number of pyridine rings is 1. The second-order valence-corrected chi connectivity index (χ2v) is 10.3. The third-order valence-electron chi connectivity index (χ3n) is 6.49. The molecular weight excluding hydrogens is 508 g/mol. The van der Waals surface area contributed by atoms with Gasteiger partial charge in [0, 0.05) is 35.5 Å². The van der Waals surface area contributed by atoms with Gasteiger partial charge in [-0.1, -0.05) is 29.7 Å². The number of fused-ring (bicyclic) bond motifs is 1. The summed E-state index contributed by atoms with van der Waals surface area (Å²) < 4.78 is 11.7. The fraction of sp³-hybridized carbons (Fsp3) is 0.333. The molecule has 1 aromatic carbocycles. The average Bonchev–Trinajstić information content (AvgIpc) is 2.88. The third kappa shape index (κ3) is 5.36. The van der Waals surface area contributed by atoms with E-state index in [0.29, 0.717) is 53.3 Å². The molecule has 3 aromatic rings. The fourth-order valence-corrected chi connectivity index (χ4v) is 4.50. The molecule has 1 aliphatic rings. The zero-order chi connectivity index (χ0) is 27.6. The van der Waals surface area contributed by atoms with E-state index in [1.54, 1.807) is 31.3 Å². The van der Waals surface area contributed by atoms with Crippen LogP contribution in [-0.2, 0) is 4.74 Å². The topological polar surface area (TPSA) is 161 Å². The van der Waals surface area contributed by atoms with Crippen molar-refractivity contribution in [1.82, 2.24) is 4.98 Å². The summed E-state index contributed by atoms with van der Waals surface area (Å²) in [6.45, 7) is 9.52. The van der Waals surface area contributed by atoms with Crippen molar-refractivity contribution in [2.75, 3.05) is 25.1 Å². The van der Waals surface area contributed by atoms with Crippen LogP contribution in [0.15, 0.2) is 49.8 Å². The second-order valence-electron chi connectivity index (χ2n) is 9.89. The van der Waals surface area contributed by atoms with Crippen LogP contribution in [0.2, 0.25) is 5.15 Å². The van der Waals surface area contributed by atoms with Gasteiger partial charge in [-0.2, -0.15) is 0 Å². The van der Waals surface area contributed by atoms with Crippen LogP contribution in [0.5, 0.6) is 0 Å². The maximum Gasteiger partial charge on any atom is 0.196 e. The number of aliphatic imine (C=N–C) groups is 1. The van der Waals surface area contributed by atoms with Gasteiger partial charge in [-0.15, -0.1) is 0 Å². The number of nitrogens with zero attached hydrogens (tertiary/aromatic N) is 3.